The summed E-state index contributed by atoms with van der Waals surface area (Å²) < 4.78 is 0.967. The van der Waals surface area contributed by atoms with Crippen LogP contribution in [0.4, 0.5) is 16.5 Å². The second-order valence-corrected chi connectivity index (χ2v) is 7.87. The minimum Gasteiger partial charge on any atom is -1.00 e. The topological polar surface area (TPSA) is 40.9 Å². The molecule has 2 aromatic rings. The molecule has 5 nitrogen and oxygen atoms in total. The van der Waals surface area contributed by atoms with Crippen LogP contribution in [0.1, 0.15) is 18.2 Å². The molecule has 0 N–H and O–H groups in total. The first-order chi connectivity index (χ1) is 11.3. The number of hydrogen-bond donors (Lipinski definition) is 0. The Kier molecular flexibility index (Phi) is 8.18. The summed E-state index contributed by atoms with van der Waals surface area (Å²) in [4.78, 5) is 6.71. The third kappa shape index (κ3) is 6.84. The molecule has 0 spiro atoms. The third-order valence-corrected chi connectivity index (χ3v) is 4.66. The fraction of sp³-hybridized carbons (Fsp3) is 0.500. The van der Waals surface area contributed by atoms with E-state index in [2.05, 4.69) is 67.2 Å². The quantitative estimate of drug-likeness (QED) is 0.500. The number of thiazole rings is 1. The van der Waals surface area contributed by atoms with E-state index in [-0.39, 0.29) is 17.0 Å². The summed E-state index contributed by atoms with van der Waals surface area (Å²) in [5.74, 6) is 0. The number of aromatic nitrogens is 1. The van der Waals surface area contributed by atoms with Crippen molar-refractivity contribution in [1.82, 2.24) is 4.98 Å². The van der Waals surface area contributed by atoms with E-state index in [1.807, 2.05) is 18.4 Å². The van der Waals surface area contributed by atoms with Gasteiger partial charge in [0.1, 0.15) is 0 Å². The normalized spacial score (nSPS) is 11.6. The highest BCUT2D eigenvalue weighted by Crippen LogP contribution is 2.27. The molecule has 0 bridgehead atoms. The lowest BCUT2D eigenvalue weighted by atomic mass is 10.1. The van der Waals surface area contributed by atoms with E-state index in [4.69, 9.17) is 0 Å². The molecule has 0 unspecified atom stereocenters. The summed E-state index contributed by atoms with van der Waals surface area (Å²) in [6.07, 6.45) is 0. The monoisotopic (exact) mass is 425 g/mol. The molecular formula is C18H28BrN5S. The van der Waals surface area contributed by atoms with Crippen LogP contribution in [-0.4, -0.2) is 50.2 Å². The zero-order chi connectivity index (χ0) is 17.7. The first kappa shape index (κ1) is 21.7. The Bertz CT molecular complexity index is 706. The van der Waals surface area contributed by atoms with Gasteiger partial charge in [0, 0.05) is 17.6 Å². The molecule has 2 rings (SSSR count). The van der Waals surface area contributed by atoms with Crippen LogP contribution in [0.3, 0.4) is 0 Å². The van der Waals surface area contributed by atoms with E-state index in [0.717, 1.165) is 41.1 Å². The van der Waals surface area contributed by atoms with Crippen molar-refractivity contribution in [3.05, 3.63) is 34.8 Å². The van der Waals surface area contributed by atoms with Crippen molar-refractivity contribution < 1.29 is 21.5 Å². The fourth-order valence-corrected chi connectivity index (χ4v) is 2.94. The van der Waals surface area contributed by atoms with Crippen molar-refractivity contribution in [2.75, 3.05) is 45.7 Å². The molecule has 1 aromatic carbocycles. The first-order valence-electron chi connectivity index (χ1n) is 8.28. The van der Waals surface area contributed by atoms with E-state index in [1.165, 1.54) is 17.0 Å². The highest BCUT2D eigenvalue weighted by atomic mass is 79.9. The summed E-state index contributed by atoms with van der Waals surface area (Å²) >= 11 is 1.51. The molecule has 0 aliphatic rings. The number of rotatable bonds is 7. The Morgan fingerprint density at radius 2 is 1.88 bits per heavy atom. The van der Waals surface area contributed by atoms with E-state index < -0.39 is 0 Å². The van der Waals surface area contributed by atoms with E-state index in [1.54, 1.807) is 0 Å². The van der Waals surface area contributed by atoms with Gasteiger partial charge in [-0.3, -0.25) is 0 Å². The Balaban J connectivity index is 0.00000312. The van der Waals surface area contributed by atoms with Crippen LogP contribution in [0.25, 0.3) is 0 Å². The minimum atomic E-state index is 0. The van der Waals surface area contributed by atoms with Crippen LogP contribution in [-0.2, 0) is 0 Å². The number of nitrogens with zero attached hydrogens (tertiary/aromatic N) is 5. The molecule has 0 saturated carbocycles. The van der Waals surface area contributed by atoms with Crippen LogP contribution in [0.5, 0.6) is 0 Å². The highest BCUT2D eigenvalue weighted by molar-refractivity contribution is 7.13. The van der Waals surface area contributed by atoms with Crippen molar-refractivity contribution >= 4 is 27.8 Å². The second-order valence-electron chi connectivity index (χ2n) is 7.04. The zero-order valence-corrected chi connectivity index (χ0v) is 18.4. The number of benzene rings is 1. The van der Waals surface area contributed by atoms with Crippen LogP contribution in [0.2, 0.25) is 0 Å². The van der Waals surface area contributed by atoms with E-state index in [0.29, 0.717) is 5.13 Å². The van der Waals surface area contributed by atoms with Crippen molar-refractivity contribution in [3.63, 3.8) is 0 Å². The van der Waals surface area contributed by atoms with E-state index in [9.17, 15) is 0 Å². The molecule has 1 heterocycles. The molecule has 1 aromatic heterocycles. The molecule has 0 fully saturated rings. The Morgan fingerprint density at radius 1 is 1.16 bits per heavy atom. The number of halogens is 1. The van der Waals surface area contributed by atoms with Gasteiger partial charge in [0.25, 0.3) is 0 Å². The van der Waals surface area contributed by atoms with Crippen LogP contribution >= 0.6 is 11.3 Å². The van der Waals surface area contributed by atoms with Crippen LogP contribution < -0.4 is 21.9 Å². The van der Waals surface area contributed by atoms with Crippen molar-refractivity contribution in [1.29, 1.82) is 0 Å². The number of quaternary nitrogens is 1. The molecule has 0 saturated heterocycles. The molecular weight excluding hydrogens is 398 g/mol. The fourth-order valence-electron chi connectivity index (χ4n) is 2.32. The molecule has 138 valence electrons. The van der Waals surface area contributed by atoms with Crippen molar-refractivity contribution in [2.24, 2.45) is 10.2 Å². The van der Waals surface area contributed by atoms with Gasteiger partial charge >= 0.3 is 0 Å². The van der Waals surface area contributed by atoms with Gasteiger partial charge in [-0.1, -0.05) is 0 Å². The maximum Gasteiger partial charge on any atom is 0.230 e. The maximum absolute atomic E-state index is 4.35. The number of likely N-dealkylation sites (N-methyl/N-ethyl adjacent to an activating group) is 2. The molecule has 0 radical (unpaired) electrons. The number of hydrogen-bond acceptors (Lipinski definition) is 5. The molecule has 0 atom stereocenters. The smallest absolute Gasteiger partial charge is 0.230 e. The molecule has 25 heavy (non-hydrogen) atoms. The van der Waals surface area contributed by atoms with Gasteiger partial charge < -0.3 is 26.4 Å². The van der Waals surface area contributed by atoms with Crippen LogP contribution in [0, 0.1) is 13.8 Å². The second kappa shape index (κ2) is 9.40. The summed E-state index contributed by atoms with van der Waals surface area (Å²) in [5.41, 5.74) is 4.26. The molecule has 7 heteroatoms. The van der Waals surface area contributed by atoms with Gasteiger partial charge in [-0.15, -0.1) is 21.6 Å². The summed E-state index contributed by atoms with van der Waals surface area (Å²) in [6.45, 7) is 9.39. The predicted molar refractivity (Wildman–Crippen MR) is 103 cm³/mol. The zero-order valence-electron chi connectivity index (χ0n) is 16.0. The van der Waals surface area contributed by atoms with Gasteiger partial charge in [-0.2, -0.15) is 0 Å². The van der Waals surface area contributed by atoms with Gasteiger partial charge in [0.15, 0.2) is 0 Å². The highest BCUT2D eigenvalue weighted by Gasteiger charge is 2.12. The Labute approximate surface area is 165 Å². The minimum absolute atomic E-state index is 0. The lowest BCUT2D eigenvalue weighted by molar-refractivity contribution is -0.868. The standard InChI is InChI=1S/C18H28N5S.BrH/c1-7-22(10-11-23(4,5)6)16-8-9-17(14(2)12-16)20-21-18-19-15(3)13-24-18;/h8-9,12-13H,7,10-11H2,1-6H3;1H/q+1;/p-1/b21-20+;. The van der Waals surface area contributed by atoms with Gasteiger partial charge in [-0.25, -0.2) is 4.98 Å². The Hall–Kier alpha value is -1.31. The number of azo groups is 1. The van der Waals surface area contributed by atoms with Crippen LogP contribution in [0.15, 0.2) is 33.8 Å². The van der Waals surface area contributed by atoms with Gasteiger partial charge in [-0.05, 0) is 44.5 Å². The first-order valence-corrected chi connectivity index (χ1v) is 9.16. The molecule has 0 aliphatic carbocycles. The van der Waals surface area contributed by atoms with Crippen molar-refractivity contribution in [2.45, 2.75) is 20.8 Å². The molecule has 0 aliphatic heterocycles. The lowest BCUT2D eigenvalue weighted by Gasteiger charge is -2.29. The summed E-state index contributed by atoms with van der Waals surface area (Å²) in [6, 6.07) is 6.37. The summed E-state index contributed by atoms with van der Waals surface area (Å²) in [7, 11) is 6.68. The summed E-state index contributed by atoms with van der Waals surface area (Å²) in [5, 5.41) is 11.3. The van der Waals surface area contributed by atoms with Crippen molar-refractivity contribution in [3.8, 4) is 0 Å². The average Bonchev–Trinajstić information content (AvgIpc) is 2.91. The number of anilines is 1. The maximum atomic E-state index is 4.35. The largest absolute Gasteiger partial charge is 1.00 e. The number of aryl methyl sites for hydroxylation is 2. The lowest BCUT2D eigenvalue weighted by Crippen LogP contribution is -3.00. The SMILES string of the molecule is CCN(CC[N+](C)(C)C)c1ccc(/N=N/c2nc(C)cs2)c(C)c1.[Br-]. The molecule has 0 amide bonds. The van der Waals surface area contributed by atoms with E-state index >= 15 is 0 Å². The average molecular weight is 426 g/mol. The Morgan fingerprint density at radius 3 is 2.40 bits per heavy atom. The predicted octanol–water partition coefficient (Wildman–Crippen LogP) is 1.71. The van der Waals surface area contributed by atoms with Gasteiger partial charge in [0.2, 0.25) is 5.13 Å². The van der Waals surface area contributed by atoms with Gasteiger partial charge in [0.05, 0.1) is 45.6 Å². The third-order valence-electron chi connectivity index (χ3n) is 3.82.